The minimum absolute atomic E-state index is 0.0762. The first-order chi connectivity index (χ1) is 11.8. The van der Waals surface area contributed by atoms with Crippen LogP contribution < -0.4 is 0 Å². The number of hydrogen-bond acceptors (Lipinski definition) is 4. The molecule has 1 heterocycles. The molecule has 0 aromatic carbocycles. The molecule has 1 saturated heterocycles. The molecule has 7 fully saturated rings. The highest BCUT2D eigenvalue weighted by molar-refractivity contribution is 5.33. The second-order valence-electron chi connectivity index (χ2n) is 11.1. The van der Waals surface area contributed by atoms with Gasteiger partial charge in [0, 0.05) is 18.0 Å². The Kier molecular flexibility index (Phi) is 2.72. The van der Waals surface area contributed by atoms with Gasteiger partial charge >= 0.3 is 0 Å². The maximum absolute atomic E-state index is 11.4. The Labute approximate surface area is 150 Å². The Morgan fingerprint density at radius 2 is 1.88 bits per heavy atom. The Hall–Kier alpha value is -0.160. The topological polar surface area (TPSA) is 63.9 Å². The molecule has 2 unspecified atom stereocenters. The zero-order valence-electron chi connectivity index (χ0n) is 15.6. The summed E-state index contributed by atoms with van der Waals surface area (Å²) in [4.78, 5) is 2.65. The van der Waals surface area contributed by atoms with E-state index in [1.807, 2.05) is 0 Å². The molecule has 4 heteroatoms. The summed E-state index contributed by atoms with van der Waals surface area (Å²) in [7, 11) is 2.32. The van der Waals surface area contributed by atoms with Crippen molar-refractivity contribution in [2.24, 2.45) is 39.9 Å². The number of rotatable bonds is 1. The van der Waals surface area contributed by atoms with Crippen molar-refractivity contribution >= 4 is 0 Å². The molecule has 7 rings (SSSR count). The molecule has 0 radical (unpaired) electrons. The third-order valence-corrected chi connectivity index (χ3v) is 10.7. The molecule has 7 aliphatic rings. The number of aliphatic hydroxyl groups is 3. The van der Waals surface area contributed by atoms with Gasteiger partial charge in [0.25, 0.3) is 0 Å². The highest BCUT2D eigenvalue weighted by Crippen LogP contribution is 2.83. The van der Waals surface area contributed by atoms with Gasteiger partial charge in [-0.2, -0.15) is 0 Å². The Morgan fingerprint density at radius 1 is 1.08 bits per heavy atom. The van der Waals surface area contributed by atoms with Gasteiger partial charge in [-0.05, 0) is 80.1 Å². The van der Waals surface area contributed by atoms with Crippen LogP contribution in [0.5, 0.6) is 0 Å². The Morgan fingerprint density at radius 3 is 2.64 bits per heavy atom. The number of aliphatic hydroxyl groups excluding tert-OH is 2. The largest absolute Gasteiger partial charge is 0.393 e. The van der Waals surface area contributed by atoms with Crippen molar-refractivity contribution in [2.75, 3.05) is 20.2 Å². The average molecular weight is 347 g/mol. The summed E-state index contributed by atoms with van der Waals surface area (Å²) in [5.41, 5.74) is -0.610. The highest BCUT2D eigenvalue weighted by Gasteiger charge is 2.84. The molecule has 0 aromatic heterocycles. The predicted octanol–water partition coefficient (Wildman–Crippen LogP) is 1.63. The molecule has 25 heavy (non-hydrogen) atoms. The monoisotopic (exact) mass is 347 g/mol. The third kappa shape index (κ3) is 1.35. The van der Waals surface area contributed by atoms with Crippen molar-refractivity contribution < 1.29 is 15.3 Å². The molecule has 2 spiro atoms. The fraction of sp³-hybridized carbons (Fsp3) is 1.00. The summed E-state index contributed by atoms with van der Waals surface area (Å²) in [5, 5.41) is 32.6. The van der Waals surface area contributed by atoms with Crippen molar-refractivity contribution in [1.82, 2.24) is 4.90 Å². The normalized spacial score (nSPS) is 67.6. The van der Waals surface area contributed by atoms with Gasteiger partial charge in [0.1, 0.15) is 5.60 Å². The van der Waals surface area contributed by atoms with Gasteiger partial charge in [0.05, 0.1) is 12.7 Å². The summed E-state index contributed by atoms with van der Waals surface area (Å²) in [5.74, 6) is 1.94. The van der Waals surface area contributed by atoms with Crippen LogP contribution in [0.4, 0.5) is 0 Å². The van der Waals surface area contributed by atoms with Crippen LogP contribution in [0.25, 0.3) is 0 Å². The smallest absolute Gasteiger partial charge is 0.117 e. The highest BCUT2D eigenvalue weighted by atomic mass is 16.4. The van der Waals surface area contributed by atoms with Gasteiger partial charge < -0.3 is 20.2 Å². The molecule has 7 bridgehead atoms. The quantitative estimate of drug-likeness (QED) is 0.675. The van der Waals surface area contributed by atoms with Crippen LogP contribution >= 0.6 is 0 Å². The van der Waals surface area contributed by atoms with Crippen molar-refractivity contribution in [3.05, 3.63) is 0 Å². The van der Waals surface area contributed by atoms with Crippen molar-refractivity contribution in [3.8, 4) is 0 Å². The van der Waals surface area contributed by atoms with E-state index in [2.05, 4.69) is 18.9 Å². The molecule has 0 aromatic rings. The van der Waals surface area contributed by atoms with Gasteiger partial charge in [-0.15, -0.1) is 0 Å². The maximum atomic E-state index is 11.4. The number of piperidine rings is 1. The number of hydrogen-bond donors (Lipinski definition) is 3. The second-order valence-corrected chi connectivity index (χ2v) is 11.1. The molecule has 6 aliphatic carbocycles. The average Bonchev–Trinajstić information content (AvgIpc) is 3.02. The Balaban J connectivity index is 1.56. The molecule has 0 amide bonds. The zero-order valence-corrected chi connectivity index (χ0v) is 15.6. The summed E-state index contributed by atoms with van der Waals surface area (Å²) in [6, 6.07) is 0.588. The fourth-order valence-corrected chi connectivity index (χ4v) is 10.4. The molecular formula is C21H33NO3. The SMILES string of the molecule is CN1C[C@]2(C)CCC[C@]34C1[C@H](C[C@H]23)[C@@]12CC[C@@H](CC41)[C@@](O)(CO)[C@H]2O. The molecule has 3 N–H and O–H groups in total. The first-order valence-electron chi connectivity index (χ1n) is 10.6. The van der Waals surface area contributed by atoms with E-state index >= 15 is 0 Å². The second kappa shape index (κ2) is 4.29. The van der Waals surface area contributed by atoms with Crippen LogP contribution in [0.3, 0.4) is 0 Å². The van der Waals surface area contributed by atoms with Gasteiger partial charge in [-0.1, -0.05) is 13.3 Å². The van der Waals surface area contributed by atoms with Gasteiger partial charge in [-0.25, -0.2) is 0 Å². The third-order valence-electron chi connectivity index (χ3n) is 10.7. The van der Waals surface area contributed by atoms with E-state index in [4.69, 9.17) is 0 Å². The van der Waals surface area contributed by atoms with E-state index in [-0.39, 0.29) is 17.9 Å². The van der Waals surface area contributed by atoms with E-state index < -0.39 is 11.7 Å². The van der Waals surface area contributed by atoms with E-state index in [0.717, 1.165) is 25.2 Å². The van der Waals surface area contributed by atoms with Crippen LogP contribution in [-0.4, -0.2) is 58.2 Å². The lowest BCUT2D eigenvalue weighted by Gasteiger charge is -2.69. The lowest BCUT2D eigenvalue weighted by atomic mass is 9.38. The minimum atomic E-state index is -1.26. The van der Waals surface area contributed by atoms with Gasteiger partial charge in [0.2, 0.25) is 0 Å². The van der Waals surface area contributed by atoms with Crippen molar-refractivity contribution in [3.63, 3.8) is 0 Å². The number of likely N-dealkylation sites (tertiary alicyclic amines) is 1. The van der Waals surface area contributed by atoms with Crippen LogP contribution in [0.15, 0.2) is 0 Å². The standard InChI is InChI=1S/C21H33NO3/c1-18-5-3-6-20-14(18)9-13(16(20)22(2)10-18)19-7-4-12(8-15(19)20)21(25,11-23)17(19)24/h12-17,23-25H,3-11H2,1-2H3/t12-,13-,14+,15?,16?,17-,18-,19-,20-,21-/m0/s1. The minimum Gasteiger partial charge on any atom is -0.393 e. The lowest BCUT2D eigenvalue weighted by molar-refractivity contribution is -0.287. The summed E-state index contributed by atoms with van der Waals surface area (Å²) in [6.07, 6.45) is 7.59. The predicted molar refractivity (Wildman–Crippen MR) is 93.7 cm³/mol. The first kappa shape index (κ1) is 15.9. The first-order valence-corrected chi connectivity index (χ1v) is 10.6. The molecule has 140 valence electrons. The van der Waals surface area contributed by atoms with Crippen LogP contribution in [0, 0.1) is 39.9 Å². The fourth-order valence-electron chi connectivity index (χ4n) is 10.4. The van der Waals surface area contributed by atoms with Crippen molar-refractivity contribution in [2.45, 2.75) is 69.6 Å². The summed E-state index contributed by atoms with van der Waals surface area (Å²) >= 11 is 0. The summed E-state index contributed by atoms with van der Waals surface area (Å²) < 4.78 is 0. The zero-order chi connectivity index (χ0) is 17.4. The molecule has 1 aliphatic heterocycles. The van der Waals surface area contributed by atoms with Gasteiger partial charge in [0.15, 0.2) is 0 Å². The molecule has 10 atom stereocenters. The van der Waals surface area contributed by atoms with Gasteiger partial charge in [-0.3, -0.25) is 0 Å². The van der Waals surface area contributed by atoms with E-state index in [1.165, 1.54) is 32.2 Å². The van der Waals surface area contributed by atoms with E-state index in [9.17, 15) is 15.3 Å². The van der Waals surface area contributed by atoms with Crippen molar-refractivity contribution in [1.29, 1.82) is 0 Å². The lowest BCUT2D eigenvalue weighted by Crippen LogP contribution is -2.72. The van der Waals surface area contributed by atoms with E-state index in [0.29, 0.717) is 28.7 Å². The van der Waals surface area contributed by atoms with E-state index in [1.54, 1.807) is 0 Å². The number of nitrogens with zero attached hydrogens (tertiary/aromatic N) is 1. The number of fused-ring (bicyclic) bond motifs is 2. The summed E-state index contributed by atoms with van der Waals surface area (Å²) in [6.45, 7) is 3.45. The molecule has 6 saturated carbocycles. The Bertz CT molecular complexity index is 641. The van der Waals surface area contributed by atoms with Crippen LogP contribution in [-0.2, 0) is 0 Å². The molecular weight excluding hydrogens is 314 g/mol. The molecule has 4 nitrogen and oxygen atoms in total. The maximum Gasteiger partial charge on any atom is 0.117 e. The van der Waals surface area contributed by atoms with Crippen LogP contribution in [0.2, 0.25) is 0 Å². The van der Waals surface area contributed by atoms with Crippen LogP contribution in [0.1, 0.15) is 51.9 Å².